The van der Waals surface area contributed by atoms with Gasteiger partial charge in [-0.1, -0.05) is 55.3 Å². The van der Waals surface area contributed by atoms with Gasteiger partial charge in [-0.05, 0) is 60.2 Å². The molecule has 0 saturated heterocycles. The molecule has 1 heterocycles. The van der Waals surface area contributed by atoms with Crippen LogP contribution >= 0.6 is 43.2 Å². The lowest BCUT2D eigenvalue weighted by Crippen LogP contribution is -2.25. The molecule has 8 heteroatoms. The number of nitrogens with zero attached hydrogens (tertiary/aromatic N) is 3. The molecule has 0 N–H and O–H groups in total. The van der Waals surface area contributed by atoms with E-state index in [-0.39, 0.29) is 5.91 Å². The van der Waals surface area contributed by atoms with Gasteiger partial charge < -0.3 is 4.74 Å². The molecule has 5 nitrogen and oxygen atoms in total. The number of carbonyl (C=O) groups excluding carboxylic acids is 1. The second-order valence-corrected chi connectivity index (χ2v) is 9.09. The van der Waals surface area contributed by atoms with Crippen molar-refractivity contribution in [2.45, 2.75) is 0 Å². The van der Waals surface area contributed by atoms with Gasteiger partial charge in [0.25, 0.3) is 5.91 Å². The summed E-state index contributed by atoms with van der Waals surface area (Å²) in [5, 5.41) is 6.31. The van der Waals surface area contributed by atoms with Crippen LogP contribution < -0.4 is 9.75 Å². The van der Waals surface area contributed by atoms with E-state index in [1.54, 1.807) is 37.6 Å². The molecular formula is C22H15Br2N3O2S. The van der Waals surface area contributed by atoms with E-state index >= 15 is 0 Å². The lowest BCUT2D eigenvalue weighted by molar-refractivity contribution is 0.0988. The Kier molecular flexibility index (Phi) is 6.26. The number of rotatable bonds is 5. The van der Waals surface area contributed by atoms with Crippen LogP contribution in [-0.4, -0.2) is 24.2 Å². The maximum absolute atomic E-state index is 13.3. The van der Waals surface area contributed by atoms with Crippen LogP contribution in [0.5, 0.6) is 5.75 Å². The number of benzene rings is 3. The molecule has 30 heavy (non-hydrogen) atoms. The van der Waals surface area contributed by atoms with Gasteiger partial charge in [0.15, 0.2) is 0 Å². The molecule has 1 aromatic heterocycles. The Balaban J connectivity index is 1.74. The highest BCUT2D eigenvalue weighted by atomic mass is 79.9. The summed E-state index contributed by atoms with van der Waals surface area (Å²) >= 11 is 8.31. The van der Waals surface area contributed by atoms with Crippen LogP contribution in [0.4, 0.5) is 5.13 Å². The number of anilines is 1. The van der Waals surface area contributed by atoms with Crippen LogP contribution in [0.15, 0.2) is 80.8 Å². The summed E-state index contributed by atoms with van der Waals surface area (Å²) in [5.41, 5.74) is 2.17. The Morgan fingerprint density at radius 1 is 1.03 bits per heavy atom. The average Bonchev–Trinajstić information content (AvgIpc) is 3.18. The maximum atomic E-state index is 13.3. The Morgan fingerprint density at radius 2 is 1.73 bits per heavy atom. The molecule has 0 saturated carbocycles. The quantitative estimate of drug-likeness (QED) is 0.212. The largest absolute Gasteiger partial charge is 0.497 e. The highest BCUT2D eigenvalue weighted by molar-refractivity contribution is 9.10. The zero-order valence-electron chi connectivity index (χ0n) is 15.8. The third-order valence-electron chi connectivity index (χ3n) is 4.24. The second kappa shape index (κ2) is 9.07. The first kappa shape index (κ1) is 20.7. The number of hydrogen-bond acceptors (Lipinski definition) is 5. The molecule has 0 atom stereocenters. The molecule has 0 spiro atoms. The van der Waals surface area contributed by atoms with E-state index in [0.29, 0.717) is 16.4 Å². The number of hydrazone groups is 1. The third kappa shape index (κ3) is 4.61. The fourth-order valence-electron chi connectivity index (χ4n) is 2.69. The van der Waals surface area contributed by atoms with E-state index in [1.807, 2.05) is 42.5 Å². The van der Waals surface area contributed by atoms with Gasteiger partial charge in [-0.2, -0.15) is 10.1 Å². The van der Waals surface area contributed by atoms with Gasteiger partial charge in [0.1, 0.15) is 5.75 Å². The topological polar surface area (TPSA) is 54.8 Å². The monoisotopic (exact) mass is 543 g/mol. The standard InChI is InChI=1S/C22H15Br2N3O2S/c1-29-18-9-4-15(5-10-18)21(28)27(25-13-14-2-6-16(23)7-3-14)22-26-19-11-8-17(24)12-20(19)30-22/h2-13H,1H3/b25-13+. The Labute approximate surface area is 194 Å². The zero-order valence-corrected chi connectivity index (χ0v) is 19.7. The lowest BCUT2D eigenvalue weighted by Gasteiger charge is -2.14. The third-order valence-corrected chi connectivity index (χ3v) is 6.26. The van der Waals surface area contributed by atoms with Crippen LogP contribution in [0.25, 0.3) is 10.2 Å². The van der Waals surface area contributed by atoms with Crippen molar-refractivity contribution in [2.75, 3.05) is 12.1 Å². The summed E-state index contributed by atoms with van der Waals surface area (Å²) in [6.07, 6.45) is 1.65. The number of carbonyl (C=O) groups is 1. The maximum Gasteiger partial charge on any atom is 0.280 e. The normalized spacial score (nSPS) is 11.2. The van der Waals surface area contributed by atoms with Crippen molar-refractivity contribution >= 4 is 70.7 Å². The summed E-state index contributed by atoms with van der Waals surface area (Å²) in [4.78, 5) is 17.9. The molecule has 0 aliphatic rings. The summed E-state index contributed by atoms with van der Waals surface area (Å²) in [7, 11) is 1.59. The molecule has 150 valence electrons. The highest BCUT2D eigenvalue weighted by Gasteiger charge is 2.21. The number of halogens is 2. The van der Waals surface area contributed by atoms with Crippen LogP contribution in [0, 0.1) is 0 Å². The average molecular weight is 545 g/mol. The molecule has 0 bridgehead atoms. The molecule has 4 rings (SSSR count). The summed E-state index contributed by atoms with van der Waals surface area (Å²) < 4.78 is 8.08. The van der Waals surface area contributed by atoms with Crippen molar-refractivity contribution in [1.29, 1.82) is 0 Å². The van der Waals surface area contributed by atoms with Crippen LogP contribution in [0.1, 0.15) is 15.9 Å². The van der Waals surface area contributed by atoms with Gasteiger partial charge in [0.2, 0.25) is 5.13 Å². The molecular weight excluding hydrogens is 530 g/mol. The molecule has 0 aliphatic carbocycles. The Hall–Kier alpha value is -2.55. The van der Waals surface area contributed by atoms with E-state index in [2.05, 4.69) is 41.9 Å². The fraction of sp³-hybridized carbons (Fsp3) is 0.0455. The van der Waals surface area contributed by atoms with Crippen molar-refractivity contribution in [3.05, 3.63) is 86.8 Å². The van der Waals surface area contributed by atoms with Crippen molar-refractivity contribution < 1.29 is 9.53 Å². The van der Waals surface area contributed by atoms with E-state index in [4.69, 9.17) is 4.74 Å². The smallest absolute Gasteiger partial charge is 0.280 e. The minimum atomic E-state index is -0.274. The van der Waals surface area contributed by atoms with Gasteiger partial charge in [0, 0.05) is 14.5 Å². The fourth-order valence-corrected chi connectivity index (χ4v) is 4.43. The highest BCUT2D eigenvalue weighted by Crippen LogP contribution is 2.32. The number of hydrogen-bond donors (Lipinski definition) is 0. The number of thiazole rings is 1. The number of methoxy groups -OCH3 is 1. The first-order valence-corrected chi connectivity index (χ1v) is 11.3. The van der Waals surface area contributed by atoms with E-state index in [9.17, 15) is 4.79 Å². The minimum absolute atomic E-state index is 0.274. The summed E-state index contributed by atoms with van der Waals surface area (Å²) in [6, 6.07) is 20.4. The molecule has 0 fully saturated rings. The van der Waals surface area contributed by atoms with Crippen LogP contribution in [0.3, 0.4) is 0 Å². The van der Waals surface area contributed by atoms with Gasteiger partial charge in [-0.3, -0.25) is 4.79 Å². The molecule has 4 aromatic rings. The van der Waals surface area contributed by atoms with Crippen LogP contribution in [-0.2, 0) is 0 Å². The van der Waals surface area contributed by atoms with Gasteiger partial charge >= 0.3 is 0 Å². The van der Waals surface area contributed by atoms with Crippen molar-refractivity contribution in [2.24, 2.45) is 5.10 Å². The first-order chi connectivity index (χ1) is 14.5. The molecule has 0 aliphatic heterocycles. The first-order valence-electron chi connectivity index (χ1n) is 8.87. The van der Waals surface area contributed by atoms with Gasteiger partial charge in [-0.15, -0.1) is 0 Å². The van der Waals surface area contributed by atoms with Crippen molar-refractivity contribution in [3.63, 3.8) is 0 Å². The Morgan fingerprint density at radius 3 is 2.43 bits per heavy atom. The molecule has 3 aromatic carbocycles. The zero-order chi connectivity index (χ0) is 21.1. The predicted octanol–water partition coefficient (Wildman–Crippen LogP) is 6.51. The van der Waals surface area contributed by atoms with E-state index in [0.717, 1.165) is 24.7 Å². The Bertz CT molecular complexity index is 1220. The van der Waals surface area contributed by atoms with E-state index in [1.165, 1.54) is 16.3 Å². The van der Waals surface area contributed by atoms with E-state index < -0.39 is 0 Å². The number of ether oxygens (including phenoxy) is 1. The SMILES string of the molecule is COc1ccc(C(=O)N(/N=C/c2ccc(Br)cc2)c2nc3ccc(Br)cc3s2)cc1. The van der Waals surface area contributed by atoms with Gasteiger partial charge in [0.05, 0.1) is 23.5 Å². The molecule has 1 amide bonds. The number of aromatic nitrogens is 1. The number of amides is 1. The summed E-state index contributed by atoms with van der Waals surface area (Å²) in [6.45, 7) is 0. The second-order valence-electron chi connectivity index (χ2n) is 6.25. The number of fused-ring (bicyclic) bond motifs is 1. The lowest BCUT2D eigenvalue weighted by atomic mass is 10.2. The van der Waals surface area contributed by atoms with Gasteiger partial charge in [-0.25, -0.2) is 4.98 Å². The van der Waals surface area contributed by atoms with Crippen LogP contribution in [0.2, 0.25) is 0 Å². The predicted molar refractivity (Wildman–Crippen MR) is 129 cm³/mol. The van der Waals surface area contributed by atoms with Crippen molar-refractivity contribution in [1.82, 2.24) is 4.98 Å². The molecule has 0 unspecified atom stereocenters. The summed E-state index contributed by atoms with van der Waals surface area (Å²) in [5.74, 6) is 0.408. The van der Waals surface area contributed by atoms with Crippen molar-refractivity contribution in [3.8, 4) is 5.75 Å². The molecule has 0 radical (unpaired) electrons. The minimum Gasteiger partial charge on any atom is -0.497 e.